The van der Waals surface area contributed by atoms with Crippen LogP contribution in [0.1, 0.15) is 12.5 Å². The molecule has 4 aromatic heterocycles. The van der Waals surface area contributed by atoms with E-state index in [9.17, 15) is 4.79 Å². The Hall–Kier alpha value is -3.66. The lowest BCUT2D eigenvalue weighted by Crippen LogP contribution is -2.01. The summed E-state index contributed by atoms with van der Waals surface area (Å²) in [5.74, 6) is 0.772. The van der Waals surface area contributed by atoms with Crippen molar-refractivity contribution in [3.63, 3.8) is 0 Å². The Morgan fingerprint density at radius 2 is 2.07 bits per heavy atom. The molecule has 5 aromatic rings. The fraction of sp³-hybridized carbons (Fsp3) is 0.150. The Labute approximate surface area is 173 Å². The Balaban J connectivity index is 1.55. The van der Waals surface area contributed by atoms with Gasteiger partial charge in [0.2, 0.25) is 0 Å². The number of hydrogen-bond acceptors (Lipinski definition) is 9. The fourth-order valence-corrected chi connectivity index (χ4v) is 4.12. The summed E-state index contributed by atoms with van der Waals surface area (Å²) in [5.41, 5.74) is 8.67. The average Bonchev–Trinajstić information content (AvgIpc) is 3.31. The zero-order chi connectivity index (χ0) is 20.8. The van der Waals surface area contributed by atoms with Gasteiger partial charge >= 0.3 is 5.63 Å². The average molecular weight is 420 g/mol. The van der Waals surface area contributed by atoms with Gasteiger partial charge in [0, 0.05) is 22.4 Å². The third-order valence-corrected chi connectivity index (χ3v) is 5.68. The molecule has 10 heteroatoms. The Bertz CT molecular complexity index is 1470. The lowest BCUT2D eigenvalue weighted by molar-refractivity contribution is 0.310. The summed E-state index contributed by atoms with van der Waals surface area (Å²) < 4.78 is 12.1. The second-order valence-corrected chi connectivity index (χ2v) is 7.80. The van der Waals surface area contributed by atoms with Crippen LogP contribution in [0, 0.1) is 6.92 Å². The maximum absolute atomic E-state index is 11.8. The molecular formula is C20H16N6O3S. The van der Waals surface area contributed by atoms with Crippen LogP contribution in [0.25, 0.3) is 33.5 Å². The van der Waals surface area contributed by atoms with E-state index in [0.29, 0.717) is 29.2 Å². The first kappa shape index (κ1) is 18.4. The molecule has 0 saturated heterocycles. The van der Waals surface area contributed by atoms with E-state index < -0.39 is 0 Å². The minimum Gasteiger partial charge on any atom is -0.422 e. The van der Waals surface area contributed by atoms with E-state index in [1.54, 1.807) is 13.1 Å². The first-order chi connectivity index (χ1) is 14.5. The third-order valence-electron chi connectivity index (χ3n) is 4.76. The van der Waals surface area contributed by atoms with Crippen molar-refractivity contribution in [2.75, 3.05) is 5.73 Å². The quantitative estimate of drug-likeness (QED) is 0.433. The summed E-state index contributed by atoms with van der Waals surface area (Å²) in [6.07, 6.45) is 1.71. The number of fused-ring (bicyclic) bond motifs is 2. The number of hydrogen-bond donors (Lipinski definition) is 1. The molecule has 0 aliphatic rings. The number of rotatable bonds is 4. The number of nitrogens with zero attached hydrogens (tertiary/aromatic N) is 5. The SMILES string of the molecule is CCn1c(-c2nonc2N)nc2cnc(Sc3ccc4cc(C)c(=O)oc4c3)cc21. The van der Waals surface area contributed by atoms with Crippen molar-refractivity contribution in [3.8, 4) is 11.5 Å². The molecule has 150 valence electrons. The molecule has 0 radical (unpaired) electrons. The highest BCUT2D eigenvalue weighted by atomic mass is 32.2. The summed E-state index contributed by atoms with van der Waals surface area (Å²) in [4.78, 5) is 21.8. The number of nitrogens with two attached hydrogens (primary N) is 1. The zero-order valence-corrected chi connectivity index (χ0v) is 16.9. The molecule has 0 saturated carbocycles. The van der Waals surface area contributed by atoms with Crippen molar-refractivity contribution in [1.29, 1.82) is 0 Å². The molecule has 0 atom stereocenters. The van der Waals surface area contributed by atoms with Crippen molar-refractivity contribution >= 4 is 39.6 Å². The monoisotopic (exact) mass is 420 g/mol. The normalized spacial score (nSPS) is 11.5. The van der Waals surface area contributed by atoms with Gasteiger partial charge in [0.1, 0.15) is 16.1 Å². The number of imidazole rings is 1. The zero-order valence-electron chi connectivity index (χ0n) is 16.1. The van der Waals surface area contributed by atoms with E-state index in [2.05, 4.69) is 20.3 Å². The van der Waals surface area contributed by atoms with Gasteiger partial charge in [-0.2, -0.15) is 0 Å². The van der Waals surface area contributed by atoms with E-state index in [1.165, 1.54) is 11.8 Å². The molecule has 30 heavy (non-hydrogen) atoms. The van der Waals surface area contributed by atoms with Crippen LogP contribution in [0.2, 0.25) is 0 Å². The minimum absolute atomic E-state index is 0.190. The summed E-state index contributed by atoms with van der Waals surface area (Å²) in [5, 5.41) is 9.17. The maximum Gasteiger partial charge on any atom is 0.339 e. The number of nitrogen functional groups attached to an aromatic ring is 1. The van der Waals surface area contributed by atoms with Crippen molar-refractivity contribution in [3.05, 3.63) is 52.5 Å². The van der Waals surface area contributed by atoms with Gasteiger partial charge in [-0.25, -0.2) is 19.4 Å². The second-order valence-electron chi connectivity index (χ2n) is 6.71. The first-order valence-corrected chi connectivity index (χ1v) is 10.0. The predicted octanol–water partition coefficient (Wildman–Crippen LogP) is 3.65. The summed E-state index contributed by atoms with van der Waals surface area (Å²) in [6.45, 7) is 4.41. The standard InChI is InChI=1S/C20H16N6O3S/c1-3-26-14-8-16(22-9-13(14)23-19(26)17-18(21)25-29-24-17)30-12-5-4-11-6-10(2)20(27)28-15(11)7-12/h4-9H,3H2,1-2H3,(H2,21,25). The first-order valence-electron chi connectivity index (χ1n) is 9.20. The molecule has 0 fully saturated rings. The van der Waals surface area contributed by atoms with Crippen LogP contribution in [-0.2, 0) is 6.54 Å². The van der Waals surface area contributed by atoms with Gasteiger partial charge in [-0.1, -0.05) is 17.8 Å². The van der Waals surface area contributed by atoms with Crippen LogP contribution >= 0.6 is 11.8 Å². The van der Waals surface area contributed by atoms with E-state index in [4.69, 9.17) is 14.8 Å². The predicted molar refractivity (Wildman–Crippen MR) is 112 cm³/mol. The van der Waals surface area contributed by atoms with Crippen molar-refractivity contribution < 1.29 is 9.05 Å². The third kappa shape index (κ3) is 3.01. The highest BCUT2D eigenvalue weighted by Crippen LogP contribution is 2.32. The van der Waals surface area contributed by atoms with Crippen molar-refractivity contribution in [1.82, 2.24) is 24.8 Å². The maximum atomic E-state index is 11.8. The highest BCUT2D eigenvalue weighted by molar-refractivity contribution is 7.99. The molecule has 1 aromatic carbocycles. The van der Waals surface area contributed by atoms with Crippen molar-refractivity contribution in [2.24, 2.45) is 0 Å². The smallest absolute Gasteiger partial charge is 0.339 e. The molecule has 0 unspecified atom stereocenters. The number of benzene rings is 1. The number of pyridine rings is 1. The molecule has 9 nitrogen and oxygen atoms in total. The largest absolute Gasteiger partial charge is 0.422 e. The van der Waals surface area contributed by atoms with Gasteiger partial charge in [0.25, 0.3) is 0 Å². The lowest BCUT2D eigenvalue weighted by atomic mass is 10.2. The number of aromatic nitrogens is 5. The van der Waals surface area contributed by atoms with Gasteiger partial charge in [0.05, 0.1) is 11.7 Å². The molecule has 0 spiro atoms. The highest BCUT2D eigenvalue weighted by Gasteiger charge is 2.19. The molecule has 5 rings (SSSR count). The molecular weight excluding hydrogens is 404 g/mol. The van der Waals surface area contributed by atoms with Gasteiger partial charge in [0.15, 0.2) is 17.3 Å². The van der Waals surface area contributed by atoms with E-state index >= 15 is 0 Å². The van der Waals surface area contributed by atoms with Gasteiger partial charge in [-0.15, -0.1) is 0 Å². The fourth-order valence-electron chi connectivity index (χ4n) is 3.30. The van der Waals surface area contributed by atoms with Crippen LogP contribution in [0.15, 0.2) is 60.3 Å². The van der Waals surface area contributed by atoms with Crippen LogP contribution in [0.5, 0.6) is 0 Å². The van der Waals surface area contributed by atoms with Crippen LogP contribution in [-0.4, -0.2) is 24.8 Å². The Kier molecular flexibility index (Phi) is 4.28. The lowest BCUT2D eigenvalue weighted by Gasteiger charge is -2.06. The van der Waals surface area contributed by atoms with Crippen LogP contribution < -0.4 is 11.4 Å². The van der Waals surface area contributed by atoms with Crippen LogP contribution in [0.4, 0.5) is 5.82 Å². The number of anilines is 1. The number of aryl methyl sites for hydroxylation is 2. The van der Waals surface area contributed by atoms with Crippen LogP contribution in [0.3, 0.4) is 0 Å². The molecule has 0 aliphatic carbocycles. The second kappa shape index (κ2) is 6.99. The van der Waals surface area contributed by atoms with Gasteiger partial charge < -0.3 is 14.7 Å². The molecule has 4 heterocycles. The summed E-state index contributed by atoms with van der Waals surface area (Å²) in [6, 6.07) is 9.53. The molecule has 0 bridgehead atoms. The van der Waals surface area contributed by atoms with Gasteiger partial charge in [-0.05, 0) is 48.4 Å². The van der Waals surface area contributed by atoms with Gasteiger partial charge in [-0.3, -0.25) is 0 Å². The Morgan fingerprint density at radius 3 is 2.83 bits per heavy atom. The Morgan fingerprint density at radius 1 is 1.20 bits per heavy atom. The minimum atomic E-state index is -0.329. The molecule has 0 aliphatic heterocycles. The van der Waals surface area contributed by atoms with E-state index in [0.717, 1.165) is 26.3 Å². The summed E-state index contributed by atoms with van der Waals surface area (Å²) in [7, 11) is 0. The topological polar surface area (TPSA) is 126 Å². The molecule has 0 amide bonds. The summed E-state index contributed by atoms with van der Waals surface area (Å²) >= 11 is 1.47. The van der Waals surface area contributed by atoms with E-state index in [1.807, 2.05) is 41.8 Å². The van der Waals surface area contributed by atoms with E-state index in [-0.39, 0.29) is 11.4 Å². The molecule has 2 N–H and O–H groups in total. The van der Waals surface area contributed by atoms with Crippen molar-refractivity contribution in [2.45, 2.75) is 30.3 Å².